The molecule has 1 unspecified atom stereocenters. The molecule has 0 saturated heterocycles. The predicted octanol–water partition coefficient (Wildman–Crippen LogP) is 8.35. The zero-order valence-electron chi connectivity index (χ0n) is 20.2. The lowest BCUT2D eigenvalue weighted by Crippen LogP contribution is -2.42. The van der Waals surface area contributed by atoms with E-state index in [1.807, 2.05) is 0 Å². The van der Waals surface area contributed by atoms with Crippen molar-refractivity contribution in [1.29, 1.82) is 0 Å². The minimum Gasteiger partial charge on any atom is -0.356 e. The van der Waals surface area contributed by atoms with E-state index in [4.69, 9.17) is 0 Å². The first-order valence-corrected chi connectivity index (χ1v) is 13.0. The molecule has 0 fully saturated rings. The van der Waals surface area contributed by atoms with E-state index in [-0.39, 0.29) is 0 Å². The van der Waals surface area contributed by atoms with E-state index < -0.39 is 0 Å². The Bertz CT molecular complexity index is 551. The first-order chi connectivity index (χ1) is 14.7. The molecule has 170 valence electrons. The summed E-state index contributed by atoms with van der Waals surface area (Å²) in [5.41, 5.74) is 1.40. The van der Waals surface area contributed by atoms with E-state index in [1.165, 1.54) is 95.6 Å². The lowest BCUT2D eigenvalue weighted by atomic mass is 10.0. The Morgan fingerprint density at radius 2 is 1.17 bits per heavy atom. The average Bonchev–Trinajstić information content (AvgIpc) is 3.14. The minimum absolute atomic E-state index is 0.502. The quantitative estimate of drug-likeness (QED) is 0.237. The summed E-state index contributed by atoms with van der Waals surface area (Å²) in [7, 11) is 0. The van der Waals surface area contributed by atoms with Gasteiger partial charge in [-0.15, -0.1) is 0 Å². The average molecular weight is 413 g/mol. The summed E-state index contributed by atoms with van der Waals surface area (Å²) in [6.07, 6.45) is 23.6. The molecular weight excluding hydrogens is 364 g/mol. The van der Waals surface area contributed by atoms with Gasteiger partial charge in [0.05, 0.1) is 0 Å². The molecule has 2 heteroatoms. The summed E-state index contributed by atoms with van der Waals surface area (Å²) in [4.78, 5) is 5.09. The van der Waals surface area contributed by atoms with Crippen molar-refractivity contribution in [2.24, 2.45) is 5.92 Å². The highest BCUT2D eigenvalue weighted by atomic mass is 15.4. The van der Waals surface area contributed by atoms with Crippen LogP contribution in [0.4, 0.5) is 0 Å². The maximum Gasteiger partial charge on any atom is 0.103 e. The molecule has 1 aliphatic heterocycles. The van der Waals surface area contributed by atoms with E-state index in [2.05, 4.69) is 73.3 Å². The van der Waals surface area contributed by atoms with Gasteiger partial charge >= 0.3 is 0 Å². The molecule has 0 saturated carbocycles. The molecule has 0 amide bonds. The minimum atomic E-state index is 0.502. The zero-order chi connectivity index (χ0) is 21.4. The lowest BCUT2D eigenvalue weighted by molar-refractivity contribution is 0.100. The number of benzene rings is 1. The monoisotopic (exact) mass is 412 g/mol. The van der Waals surface area contributed by atoms with Crippen LogP contribution in [-0.2, 0) is 6.54 Å². The van der Waals surface area contributed by atoms with E-state index >= 15 is 0 Å². The van der Waals surface area contributed by atoms with Crippen LogP contribution >= 0.6 is 0 Å². The van der Waals surface area contributed by atoms with Gasteiger partial charge in [-0.25, -0.2) is 0 Å². The number of hydrogen-bond donors (Lipinski definition) is 0. The van der Waals surface area contributed by atoms with Crippen molar-refractivity contribution in [1.82, 2.24) is 9.80 Å². The van der Waals surface area contributed by atoms with Gasteiger partial charge in [-0.3, -0.25) is 0 Å². The Hall–Kier alpha value is -1.44. The summed E-state index contributed by atoms with van der Waals surface area (Å²) in [5.74, 6) is 0.630. The van der Waals surface area contributed by atoms with Gasteiger partial charge in [0.2, 0.25) is 0 Å². The molecule has 0 radical (unpaired) electrons. The second kappa shape index (κ2) is 15.4. The van der Waals surface area contributed by atoms with Crippen LogP contribution < -0.4 is 0 Å². The normalized spacial score (nSPS) is 16.2. The van der Waals surface area contributed by atoms with Crippen LogP contribution in [-0.4, -0.2) is 22.5 Å². The van der Waals surface area contributed by atoms with Gasteiger partial charge in [-0.2, -0.15) is 0 Å². The number of nitrogens with zero attached hydrogens (tertiary/aromatic N) is 2. The number of hydrogen-bond acceptors (Lipinski definition) is 2. The van der Waals surface area contributed by atoms with E-state index in [9.17, 15) is 0 Å². The number of unbranched alkanes of at least 4 members (excludes halogenated alkanes) is 12. The third kappa shape index (κ3) is 9.58. The van der Waals surface area contributed by atoms with Crippen molar-refractivity contribution >= 4 is 0 Å². The number of rotatable bonds is 17. The fraction of sp³-hybridized carbons (Fsp3) is 0.714. The van der Waals surface area contributed by atoms with Gasteiger partial charge < -0.3 is 9.80 Å². The molecule has 0 aromatic heterocycles. The second-order valence-corrected chi connectivity index (χ2v) is 9.59. The first kappa shape index (κ1) is 24.8. The van der Waals surface area contributed by atoms with Crippen molar-refractivity contribution < 1.29 is 0 Å². The highest BCUT2D eigenvalue weighted by Crippen LogP contribution is 2.25. The maximum atomic E-state index is 2.58. The molecule has 1 aliphatic rings. The predicted molar refractivity (Wildman–Crippen MR) is 132 cm³/mol. The Morgan fingerprint density at radius 3 is 1.70 bits per heavy atom. The molecule has 1 heterocycles. The molecule has 0 spiro atoms. The molecule has 0 bridgehead atoms. The summed E-state index contributed by atoms with van der Waals surface area (Å²) >= 11 is 0. The molecule has 1 aromatic rings. The lowest BCUT2D eigenvalue weighted by Gasteiger charge is -2.36. The van der Waals surface area contributed by atoms with Crippen LogP contribution in [0.5, 0.6) is 0 Å². The van der Waals surface area contributed by atoms with Crippen LogP contribution in [0.1, 0.15) is 110 Å². The fourth-order valence-corrected chi connectivity index (χ4v) is 4.76. The van der Waals surface area contributed by atoms with Gasteiger partial charge in [-0.05, 0) is 17.9 Å². The van der Waals surface area contributed by atoms with Gasteiger partial charge in [0.15, 0.2) is 0 Å². The molecule has 1 aromatic carbocycles. The van der Waals surface area contributed by atoms with Crippen molar-refractivity contribution in [3.8, 4) is 0 Å². The Labute approximate surface area is 187 Å². The Balaban J connectivity index is 1.52. The maximum absolute atomic E-state index is 2.58. The van der Waals surface area contributed by atoms with Crippen LogP contribution in [0.3, 0.4) is 0 Å². The highest BCUT2D eigenvalue weighted by Gasteiger charge is 2.28. The third-order valence-electron chi connectivity index (χ3n) is 6.45. The summed E-state index contributed by atoms with van der Waals surface area (Å²) < 4.78 is 0. The molecule has 1 atom stereocenters. The molecule has 2 nitrogen and oxygen atoms in total. The summed E-state index contributed by atoms with van der Waals surface area (Å²) in [5, 5.41) is 0. The summed E-state index contributed by atoms with van der Waals surface area (Å²) in [6, 6.07) is 10.9. The largest absolute Gasteiger partial charge is 0.356 e. The van der Waals surface area contributed by atoms with Crippen molar-refractivity contribution in [3.05, 3.63) is 48.3 Å². The summed E-state index contributed by atoms with van der Waals surface area (Å²) in [6.45, 7) is 9.21. The molecule has 30 heavy (non-hydrogen) atoms. The first-order valence-electron chi connectivity index (χ1n) is 13.0. The standard InChI is InChI=1S/C28H48N2/c1-4-5-6-7-8-9-10-11-12-13-14-15-19-22-29-23-24-30(28(29)26(2)3)25-27-20-17-16-18-21-27/h16-18,20-21,23-24,26,28H,4-15,19,22,25H2,1-3H3. The molecule has 0 aliphatic carbocycles. The molecule has 0 N–H and O–H groups in total. The van der Waals surface area contributed by atoms with Crippen LogP contribution in [0.25, 0.3) is 0 Å². The van der Waals surface area contributed by atoms with E-state index in [1.54, 1.807) is 0 Å². The smallest absolute Gasteiger partial charge is 0.103 e. The van der Waals surface area contributed by atoms with Crippen molar-refractivity contribution in [3.63, 3.8) is 0 Å². The van der Waals surface area contributed by atoms with Crippen molar-refractivity contribution in [2.75, 3.05) is 6.54 Å². The van der Waals surface area contributed by atoms with Gasteiger partial charge in [-0.1, -0.05) is 128 Å². The third-order valence-corrected chi connectivity index (χ3v) is 6.45. The molecule has 2 rings (SSSR count). The fourth-order valence-electron chi connectivity index (χ4n) is 4.76. The SMILES string of the molecule is CCCCCCCCCCCCCCCN1C=CN(Cc2ccccc2)C1C(C)C. The zero-order valence-corrected chi connectivity index (χ0v) is 20.2. The molecular formula is C28H48N2. The van der Waals surface area contributed by atoms with E-state index in [0.29, 0.717) is 12.1 Å². The van der Waals surface area contributed by atoms with Gasteiger partial charge in [0.1, 0.15) is 6.17 Å². The highest BCUT2D eigenvalue weighted by molar-refractivity contribution is 5.16. The Kier molecular flexibility index (Phi) is 12.7. The van der Waals surface area contributed by atoms with E-state index in [0.717, 1.165) is 6.54 Å². The second-order valence-electron chi connectivity index (χ2n) is 9.59. The topological polar surface area (TPSA) is 6.48 Å². The van der Waals surface area contributed by atoms with Crippen molar-refractivity contribution in [2.45, 2.75) is 117 Å². The van der Waals surface area contributed by atoms with Crippen LogP contribution in [0.2, 0.25) is 0 Å². The van der Waals surface area contributed by atoms with Gasteiger partial charge in [0.25, 0.3) is 0 Å². The van der Waals surface area contributed by atoms with Crippen LogP contribution in [0, 0.1) is 5.92 Å². The van der Waals surface area contributed by atoms with Crippen LogP contribution in [0.15, 0.2) is 42.7 Å². The van der Waals surface area contributed by atoms with Gasteiger partial charge in [0, 0.05) is 25.5 Å². The Morgan fingerprint density at radius 1 is 0.667 bits per heavy atom.